The van der Waals surface area contributed by atoms with Crippen LogP contribution in [0.5, 0.6) is 0 Å². The van der Waals surface area contributed by atoms with Crippen molar-refractivity contribution in [1.82, 2.24) is 15.6 Å². The molecule has 0 saturated heterocycles. The second-order valence-electron chi connectivity index (χ2n) is 12.0. The number of amides is 4. The van der Waals surface area contributed by atoms with Crippen LogP contribution in [0.15, 0.2) is 60.7 Å². The van der Waals surface area contributed by atoms with Crippen molar-refractivity contribution >= 4 is 29.6 Å². The third-order valence-electron chi connectivity index (χ3n) is 7.85. The van der Waals surface area contributed by atoms with Gasteiger partial charge in [-0.25, -0.2) is 10.6 Å². The number of aliphatic hydroxyl groups is 1. The Morgan fingerprint density at radius 2 is 1.46 bits per heavy atom. The molecule has 0 bridgehead atoms. The van der Waals surface area contributed by atoms with E-state index >= 15 is 0 Å². The van der Waals surface area contributed by atoms with Crippen LogP contribution in [0.25, 0.3) is 0 Å². The molecule has 0 aromatic heterocycles. The molecule has 2 unspecified atom stereocenters. The summed E-state index contributed by atoms with van der Waals surface area (Å²) in [5.41, 5.74) is 7.21. The number of aliphatic hydroxyl groups excluding tert-OH is 1. The average Bonchev–Trinajstić information content (AvgIpc) is 3.04. The van der Waals surface area contributed by atoms with Gasteiger partial charge in [-0.1, -0.05) is 87.9 Å². The number of alkyl carbamates (subject to hydrolysis) is 1. The van der Waals surface area contributed by atoms with Crippen molar-refractivity contribution in [2.75, 3.05) is 6.61 Å². The van der Waals surface area contributed by atoms with E-state index in [9.17, 15) is 29.1 Å². The number of hydrogen-bond donors (Lipinski definition) is 5. The standard InChI is InChI=1S/C34H49N5O7/c1-22(2)29(32(35)43)38-33(44)30(23(3)20-40)39(36)28(41)18-12-11-17-27(19-25-13-7-5-8-14-25)31(42)24(4)37-34(45)46-21-26-15-9-6-10-16-26/h5-10,13-16,22-24,27,29-30,40H,11-12,17-21,36H2,1-4H3,(H2,35,43)(H,37,45)(H,38,44)/t23?,24-,27?,29-,30-/m0/s1. The van der Waals surface area contributed by atoms with Gasteiger partial charge in [0.15, 0.2) is 5.78 Å². The Balaban J connectivity index is 2.00. The number of hydrogen-bond acceptors (Lipinski definition) is 8. The van der Waals surface area contributed by atoms with Gasteiger partial charge in [0.05, 0.1) is 6.04 Å². The lowest BCUT2D eigenvalue weighted by atomic mass is 9.87. The number of unbranched alkanes of at least 4 members (excludes halogenated alkanes) is 1. The van der Waals surface area contributed by atoms with Gasteiger partial charge in [-0.05, 0) is 43.2 Å². The minimum Gasteiger partial charge on any atom is -0.445 e. The maximum absolute atomic E-state index is 13.5. The molecule has 0 fully saturated rings. The monoisotopic (exact) mass is 639 g/mol. The highest BCUT2D eigenvalue weighted by Crippen LogP contribution is 2.20. The third-order valence-corrected chi connectivity index (χ3v) is 7.85. The molecule has 46 heavy (non-hydrogen) atoms. The molecule has 0 aliphatic heterocycles. The zero-order valence-electron chi connectivity index (χ0n) is 27.2. The lowest BCUT2D eigenvalue weighted by Crippen LogP contribution is -2.60. The quantitative estimate of drug-likeness (QED) is 0.0670. The first kappa shape index (κ1) is 37.9. The number of benzene rings is 2. The van der Waals surface area contributed by atoms with Gasteiger partial charge < -0.3 is 26.2 Å². The van der Waals surface area contributed by atoms with Crippen LogP contribution in [0, 0.1) is 17.8 Å². The number of nitrogens with two attached hydrogens (primary N) is 2. The smallest absolute Gasteiger partial charge is 0.408 e. The third kappa shape index (κ3) is 12.2. The number of Topliss-reactive ketones (excluding diaryl/α,β-unsaturated/α-hetero) is 1. The van der Waals surface area contributed by atoms with Crippen LogP contribution in [0.1, 0.15) is 64.5 Å². The number of carbonyl (C=O) groups is 5. The second kappa shape index (κ2) is 19.3. The van der Waals surface area contributed by atoms with E-state index in [0.717, 1.165) is 16.1 Å². The minimum absolute atomic E-state index is 0.00623. The molecule has 0 spiro atoms. The topological polar surface area (TPSA) is 194 Å². The fourth-order valence-electron chi connectivity index (χ4n) is 5.12. The summed E-state index contributed by atoms with van der Waals surface area (Å²) in [7, 11) is 0. The summed E-state index contributed by atoms with van der Waals surface area (Å²) in [5.74, 6) is 2.56. The van der Waals surface area contributed by atoms with Gasteiger partial charge in [-0.15, -0.1) is 0 Å². The van der Waals surface area contributed by atoms with E-state index in [0.29, 0.717) is 25.7 Å². The van der Waals surface area contributed by atoms with Crippen molar-refractivity contribution in [2.45, 2.75) is 84.5 Å². The highest BCUT2D eigenvalue weighted by Gasteiger charge is 2.35. The minimum atomic E-state index is -1.22. The van der Waals surface area contributed by atoms with Crippen LogP contribution >= 0.6 is 0 Å². The van der Waals surface area contributed by atoms with Gasteiger partial charge in [0.1, 0.15) is 18.7 Å². The molecule has 2 aromatic rings. The number of ketones is 1. The number of rotatable bonds is 19. The summed E-state index contributed by atoms with van der Waals surface area (Å²) in [6.07, 6.45) is 1.08. The van der Waals surface area contributed by atoms with Gasteiger partial charge in [0.25, 0.3) is 0 Å². The number of primary amides is 1. The summed E-state index contributed by atoms with van der Waals surface area (Å²) in [5, 5.41) is 15.7. The first-order valence-corrected chi connectivity index (χ1v) is 15.7. The van der Waals surface area contributed by atoms with Gasteiger partial charge >= 0.3 is 6.09 Å². The predicted molar refractivity (Wildman–Crippen MR) is 173 cm³/mol. The summed E-state index contributed by atoms with van der Waals surface area (Å²) in [6, 6.07) is 15.8. The van der Waals surface area contributed by atoms with Gasteiger partial charge in [-0.3, -0.25) is 24.2 Å². The van der Waals surface area contributed by atoms with Crippen molar-refractivity contribution in [3.63, 3.8) is 0 Å². The van der Waals surface area contributed by atoms with E-state index in [-0.39, 0.29) is 24.7 Å². The Kier molecular flexibility index (Phi) is 15.9. The number of hydrazine groups is 1. The maximum atomic E-state index is 13.5. The number of nitrogens with zero attached hydrogens (tertiary/aromatic N) is 1. The highest BCUT2D eigenvalue weighted by atomic mass is 16.5. The number of nitrogens with one attached hydrogen (secondary N) is 2. The molecule has 0 aliphatic carbocycles. The number of carbonyl (C=O) groups excluding carboxylic acids is 5. The molecule has 7 N–H and O–H groups in total. The SMILES string of the molecule is CC(C)[C@H](NC(=O)[C@H](C(C)CO)N(N)C(=O)CCCCC(Cc1ccccc1)C(=O)[C@H](C)NC(=O)OCc1ccccc1)C(N)=O. The Morgan fingerprint density at radius 3 is 2.00 bits per heavy atom. The largest absolute Gasteiger partial charge is 0.445 e. The molecule has 2 aromatic carbocycles. The summed E-state index contributed by atoms with van der Waals surface area (Å²) >= 11 is 0. The van der Waals surface area contributed by atoms with Crippen LogP contribution < -0.4 is 22.2 Å². The molecule has 0 radical (unpaired) electrons. The van der Waals surface area contributed by atoms with E-state index in [1.807, 2.05) is 60.7 Å². The highest BCUT2D eigenvalue weighted by molar-refractivity contribution is 5.92. The van der Waals surface area contributed by atoms with Crippen LogP contribution in [0.2, 0.25) is 0 Å². The molecule has 12 nitrogen and oxygen atoms in total. The average molecular weight is 640 g/mol. The molecule has 0 aliphatic rings. The van der Waals surface area contributed by atoms with E-state index < -0.39 is 60.4 Å². The molecule has 5 atom stereocenters. The van der Waals surface area contributed by atoms with Gasteiger partial charge in [-0.2, -0.15) is 0 Å². The lowest BCUT2D eigenvalue weighted by Gasteiger charge is -2.32. The molecule has 4 amide bonds. The molecule has 2 rings (SSSR count). The second-order valence-corrected chi connectivity index (χ2v) is 12.0. The fourth-order valence-corrected chi connectivity index (χ4v) is 5.12. The molecular weight excluding hydrogens is 590 g/mol. The number of ether oxygens (including phenoxy) is 1. The van der Waals surface area contributed by atoms with Gasteiger partial charge in [0.2, 0.25) is 17.7 Å². The summed E-state index contributed by atoms with van der Waals surface area (Å²) in [6.45, 7) is 6.28. The predicted octanol–water partition coefficient (Wildman–Crippen LogP) is 2.62. The molecule has 0 heterocycles. The summed E-state index contributed by atoms with van der Waals surface area (Å²) < 4.78 is 5.28. The van der Waals surface area contributed by atoms with Crippen molar-refractivity contribution in [3.8, 4) is 0 Å². The van der Waals surface area contributed by atoms with E-state index in [4.69, 9.17) is 16.3 Å². The zero-order chi connectivity index (χ0) is 34.2. The molecule has 252 valence electrons. The van der Waals surface area contributed by atoms with Crippen molar-refractivity contribution in [2.24, 2.45) is 29.3 Å². The van der Waals surface area contributed by atoms with Gasteiger partial charge in [0, 0.05) is 24.9 Å². The van der Waals surface area contributed by atoms with E-state index in [1.165, 1.54) is 0 Å². The normalized spacial score (nSPS) is 14.3. The zero-order valence-corrected chi connectivity index (χ0v) is 27.2. The van der Waals surface area contributed by atoms with Crippen LogP contribution in [0.4, 0.5) is 4.79 Å². The van der Waals surface area contributed by atoms with E-state index in [2.05, 4.69) is 10.6 Å². The summed E-state index contributed by atoms with van der Waals surface area (Å²) in [4.78, 5) is 63.8. The fraction of sp³-hybridized carbons (Fsp3) is 0.500. The van der Waals surface area contributed by atoms with Crippen molar-refractivity contribution < 1.29 is 33.8 Å². The molecular formula is C34H49N5O7. The van der Waals surface area contributed by atoms with Crippen molar-refractivity contribution in [1.29, 1.82) is 0 Å². The van der Waals surface area contributed by atoms with Crippen molar-refractivity contribution in [3.05, 3.63) is 71.8 Å². The van der Waals surface area contributed by atoms with Crippen LogP contribution in [-0.2, 0) is 36.9 Å². The lowest BCUT2D eigenvalue weighted by molar-refractivity contribution is -0.144. The Morgan fingerprint density at radius 1 is 0.870 bits per heavy atom. The first-order chi connectivity index (χ1) is 21.8. The molecule has 0 saturated carbocycles. The molecule has 12 heteroatoms. The maximum Gasteiger partial charge on any atom is 0.408 e. The Labute approximate surface area is 271 Å². The van der Waals surface area contributed by atoms with E-state index in [1.54, 1.807) is 27.7 Å². The van der Waals surface area contributed by atoms with Crippen LogP contribution in [-0.4, -0.2) is 64.4 Å². The first-order valence-electron chi connectivity index (χ1n) is 15.7. The Bertz CT molecular complexity index is 1280. The van der Waals surface area contributed by atoms with Crippen LogP contribution in [0.3, 0.4) is 0 Å². The Hall–Kier alpha value is -4.29.